The molecule has 6 nitrogen and oxygen atoms in total. The van der Waals surface area contributed by atoms with Gasteiger partial charge >= 0.3 is 0 Å². The molecule has 0 spiro atoms. The lowest BCUT2D eigenvalue weighted by Gasteiger charge is -2.14. The van der Waals surface area contributed by atoms with E-state index in [-0.39, 0.29) is 12.4 Å². The number of H-pyrrole nitrogens is 1. The van der Waals surface area contributed by atoms with Gasteiger partial charge in [-0.1, -0.05) is 23.7 Å². The second-order valence-corrected chi connectivity index (χ2v) is 5.28. The van der Waals surface area contributed by atoms with Crippen molar-refractivity contribution in [2.45, 2.75) is 13.5 Å². The zero-order chi connectivity index (χ0) is 16.9. The van der Waals surface area contributed by atoms with Crippen LogP contribution in [-0.2, 0) is 6.61 Å². The van der Waals surface area contributed by atoms with Crippen LogP contribution < -0.4 is 9.47 Å². The van der Waals surface area contributed by atoms with Crippen LogP contribution in [0, 0.1) is 5.82 Å². The highest BCUT2D eigenvalue weighted by atomic mass is 35.5. The van der Waals surface area contributed by atoms with Crippen molar-refractivity contribution in [1.29, 1.82) is 0 Å². The summed E-state index contributed by atoms with van der Waals surface area (Å²) in [6.45, 7) is 2.54. The second-order valence-electron chi connectivity index (χ2n) is 4.87. The maximum absolute atomic E-state index is 13.0. The lowest BCUT2D eigenvalue weighted by Crippen LogP contribution is -2.01. The zero-order valence-electron chi connectivity index (χ0n) is 12.8. The molecule has 2 aromatic carbocycles. The molecule has 0 atom stereocenters. The first-order valence-electron chi connectivity index (χ1n) is 7.24. The summed E-state index contributed by atoms with van der Waals surface area (Å²) in [5.74, 6) is 1.00. The number of nitrogens with zero attached hydrogens (tertiary/aromatic N) is 3. The van der Waals surface area contributed by atoms with E-state index in [4.69, 9.17) is 21.1 Å². The Bertz CT molecular complexity index is 810. The van der Waals surface area contributed by atoms with E-state index in [1.807, 2.05) is 6.92 Å². The molecule has 124 valence electrons. The molecular weight excluding hydrogens is 335 g/mol. The van der Waals surface area contributed by atoms with Gasteiger partial charge in [-0.25, -0.2) is 4.39 Å². The SMILES string of the molecule is CCOc1cc(-c2nn[nH]n2)cc(Cl)c1OCc1ccc(F)cc1. The maximum Gasteiger partial charge on any atom is 0.204 e. The van der Waals surface area contributed by atoms with Crippen molar-refractivity contribution in [3.05, 3.63) is 52.8 Å². The summed E-state index contributed by atoms with van der Waals surface area (Å²) in [4.78, 5) is 0. The largest absolute Gasteiger partial charge is 0.490 e. The number of hydrogen-bond acceptors (Lipinski definition) is 5. The minimum absolute atomic E-state index is 0.238. The van der Waals surface area contributed by atoms with Crippen LogP contribution in [0.4, 0.5) is 4.39 Å². The smallest absolute Gasteiger partial charge is 0.204 e. The molecule has 0 fully saturated rings. The van der Waals surface area contributed by atoms with E-state index >= 15 is 0 Å². The number of tetrazole rings is 1. The lowest BCUT2D eigenvalue weighted by atomic mass is 10.2. The monoisotopic (exact) mass is 348 g/mol. The first kappa shape index (κ1) is 16.2. The molecule has 1 N–H and O–H groups in total. The molecule has 0 aliphatic rings. The molecule has 0 bridgehead atoms. The van der Waals surface area contributed by atoms with Crippen molar-refractivity contribution >= 4 is 11.6 Å². The van der Waals surface area contributed by atoms with Crippen LogP contribution in [0.1, 0.15) is 12.5 Å². The molecule has 3 rings (SSSR count). The minimum Gasteiger partial charge on any atom is -0.490 e. The predicted octanol–water partition coefficient (Wildman–Crippen LogP) is 3.64. The predicted molar refractivity (Wildman–Crippen MR) is 86.5 cm³/mol. The number of aromatic amines is 1. The highest BCUT2D eigenvalue weighted by Gasteiger charge is 2.15. The summed E-state index contributed by atoms with van der Waals surface area (Å²) >= 11 is 6.33. The third-order valence-electron chi connectivity index (χ3n) is 3.21. The van der Waals surface area contributed by atoms with E-state index in [2.05, 4.69) is 20.6 Å². The summed E-state index contributed by atoms with van der Waals surface area (Å²) < 4.78 is 24.3. The molecule has 24 heavy (non-hydrogen) atoms. The Kier molecular flexibility index (Phi) is 4.90. The summed E-state index contributed by atoms with van der Waals surface area (Å²) in [6, 6.07) is 9.47. The number of benzene rings is 2. The summed E-state index contributed by atoms with van der Waals surface area (Å²) in [5.41, 5.74) is 1.48. The van der Waals surface area contributed by atoms with E-state index < -0.39 is 0 Å². The van der Waals surface area contributed by atoms with Crippen LogP contribution in [0.5, 0.6) is 11.5 Å². The molecule has 0 saturated carbocycles. The van der Waals surface area contributed by atoms with Crippen LogP contribution in [0.3, 0.4) is 0 Å². The lowest BCUT2D eigenvalue weighted by molar-refractivity contribution is 0.269. The summed E-state index contributed by atoms with van der Waals surface area (Å²) in [6.07, 6.45) is 0. The number of ether oxygens (including phenoxy) is 2. The van der Waals surface area contributed by atoms with E-state index in [0.717, 1.165) is 5.56 Å². The Morgan fingerprint density at radius 3 is 2.62 bits per heavy atom. The van der Waals surface area contributed by atoms with Gasteiger partial charge in [0.25, 0.3) is 0 Å². The molecule has 1 aromatic heterocycles. The molecule has 1 heterocycles. The number of aromatic nitrogens is 4. The Hall–Kier alpha value is -2.67. The van der Waals surface area contributed by atoms with Crippen molar-refractivity contribution in [2.24, 2.45) is 0 Å². The normalized spacial score (nSPS) is 10.6. The highest BCUT2D eigenvalue weighted by Crippen LogP contribution is 2.39. The van der Waals surface area contributed by atoms with Gasteiger partial charge in [0.15, 0.2) is 11.5 Å². The number of rotatable bonds is 6. The van der Waals surface area contributed by atoms with Crippen molar-refractivity contribution in [3.8, 4) is 22.9 Å². The van der Waals surface area contributed by atoms with Gasteiger partial charge < -0.3 is 9.47 Å². The Morgan fingerprint density at radius 2 is 1.96 bits per heavy atom. The maximum atomic E-state index is 13.0. The van der Waals surface area contributed by atoms with Crippen LogP contribution in [0.2, 0.25) is 5.02 Å². The van der Waals surface area contributed by atoms with Crippen molar-refractivity contribution < 1.29 is 13.9 Å². The van der Waals surface area contributed by atoms with Crippen molar-refractivity contribution in [2.75, 3.05) is 6.61 Å². The van der Waals surface area contributed by atoms with Gasteiger partial charge in [-0.3, -0.25) is 0 Å². The topological polar surface area (TPSA) is 72.9 Å². The Morgan fingerprint density at radius 1 is 1.17 bits per heavy atom. The summed E-state index contributed by atoms with van der Waals surface area (Å²) in [5, 5.41) is 14.1. The van der Waals surface area contributed by atoms with Crippen LogP contribution in [0.25, 0.3) is 11.4 Å². The number of hydrogen-bond donors (Lipinski definition) is 1. The third-order valence-corrected chi connectivity index (χ3v) is 3.49. The van der Waals surface area contributed by atoms with E-state index in [0.29, 0.717) is 34.5 Å². The van der Waals surface area contributed by atoms with Gasteiger partial charge in [0.2, 0.25) is 5.82 Å². The van der Waals surface area contributed by atoms with Crippen LogP contribution in [-0.4, -0.2) is 27.2 Å². The van der Waals surface area contributed by atoms with Crippen LogP contribution in [0.15, 0.2) is 36.4 Å². The van der Waals surface area contributed by atoms with Gasteiger partial charge in [0.05, 0.1) is 11.6 Å². The van der Waals surface area contributed by atoms with E-state index in [1.165, 1.54) is 12.1 Å². The molecule has 0 unspecified atom stereocenters. The average Bonchev–Trinajstić information content (AvgIpc) is 3.10. The molecule has 3 aromatic rings. The second kappa shape index (κ2) is 7.27. The van der Waals surface area contributed by atoms with Crippen molar-refractivity contribution in [3.63, 3.8) is 0 Å². The van der Waals surface area contributed by atoms with E-state index in [1.54, 1.807) is 24.3 Å². The van der Waals surface area contributed by atoms with Gasteiger partial charge in [-0.2, -0.15) is 5.21 Å². The fourth-order valence-electron chi connectivity index (χ4n) is 2.12. The fraction of sp³-hybridized carbons (Fsp3) is 0.188. The standard InChI is InChI=1S/C16H14ClFN4O2/c1-2-23-14-8-11(16-19-21-22-20-16)7-13(17)15(14)24-9-10-3-5-12(18)6-4-10/h3-8H,2,9H2,1H3,(H,19,20,21,22). The average molecular weight is 349 g/mol. The zero-order valence-corrected chi connectivity index (χ0v) is 13.5. The molecule has 0 radical (unpaired) electrons. The molecule has 0 saturated heterocycles. The number of halogens is 2. The Balaban J connectivity index is 1.87. The van der Waals surface area contributed by atoms with Gasteiger partial charge in [0, 0.05) is 5.56 Å². The Labute approximate surface area is 142 Å². The molecule has 0 aliphatic heterocycles. The van der Waals surface area contributed by atoms with Gasteiger partial charge in [-0.05, 0) is 42.0 Å². The minimum atomic E-state index is -0.295. The molecule has 0 aliphatic carbocycles. The number of nitrogens with one attached hydrogen (secondary N) is 1. The van der Waals surface area contributed by atoms with Gasteiger partial charge in [0.1, 0.15) is 12.4 Å². The van der Waals surface area contributed by atoms with Gasteiger partial charge in [-0.15, -0.1) is 10.2 Å². The first-order chi connectivity index (χ1) is 11.7. The van der Waals surface area contributed by atoms with Crippen molar-refractivity contribution in [1.82, 2.24) is 20.6 Å². The summed E-state index contributed by atoms with van der Waals surface area (Å²) in [7, 11) is 0. The quantitative estimate of drug-likeness (QED) is 0.736. The fourth-order valence-corrected chi connectivity index (χ4v) is 2.39. The molecular formula is C16H14ClFN4O2. The van der Waals surface area contributed by atoms with Crippen LogP contribution >= 0.6 is 11.6 Å². The highest BCUT2D eigenvalue weighted by molar-refractivity contribution is 6.32. The molecule has 0 amide bonds. The third kappa shape index (κ3) is 3.62. The van der Waals surface area contributed by atoms with E-state index in [9.17, 15) is 4.39 Å². The first-order valence-corrected chi connectivity index (χ1v) is 7.62. The molecule has 8 heteroatoms.